The first kappa shape index (κ1) is 17.7. The van der Waals surface area contributed by atoms with Crippen LogP contribution in [0.4, 0.5) is 4.79 Å². The van der Waals surface area contributed by atoms with Gasteiger partial charge in [0.05, 0.1) is 19.1 Å². The first-order valence-corrected chi connectivity index (χ1v) is 7.36. The highest BCUT2D eigenvalue weighted by atomic mass is 16.5. The Hall–Kier alpha value is -1.34. The summed E-state index contributed by atoms with van der Waals surface area (Å²) in [4.78, 5) is 24.7. The van der Waals surface area contributed by atoms with Crippen molar-refractivity contribution in [1.82, 2.24) is 10.2 Å². The second-order valence-corrected chi connectivity index (χ2v) is 5.47. The summed E-state index contributed by atoms with van der Waals surface area (Å²) in [5.74, 6) is -1.08. The molecule has 21 heavy (non-hydrogen) atoms. The Labute approximate surface area is 125 Å². The van der Waals surface area contributed by atoms with Crippen molar-refractivity contribution in [2.45, 2.75) is 19.8 Å². The van der Waals surface area contributed by atoms with Gasteiger partial charge < -0.3 is 24.8 Å². The van der Waals surface area contributed by atoms with E-state index in [1.165, 1.54) is 0 Å². The van der Waals surface area contributed by atoms with Crippen molar-refractivity contribution in [3.8, 4) is 0 Å². The molecule has 1 saturated heterocycles. The number of methoxy groups -OCH3 is 1. The standard InChI is InChI=1S/C14H26N2O5/c1-11-8-12(13(17)18)10-16(9-11)14(19)15-4-3-5-21-7-6-20-2/h11-12H,3-10H2,1-2H3,(H,15,19)(H,17,18). The van der Waals surface area contributed by atoms with Crippen molar-refractivity contribution in [1.29, 1.82) is 0 Å². The van der Waals surface area contributed by atoms with Gasteiger partial charge in [-0.2, -0.15) is 0 Å². The van der Waals surface area contributed by atoms with Gasteiger partial charge in [-0.1, -0.05) is 6.92 Å². The number of rotatable bonds is 8. The van der Waals surface area contributed by atoms with Crippen molar-refractivity contribution in [2.24, 2.45) is 11.8 Å². The van der Waals surface area contributed by atoms with Crippen LogP contribution in [0.1, 0.15) is 19.8 Å². The lowest BCUT2D eigenvalue weighted by atomic mass is 9.91. The molecule has 1 aliphatic heterocycles. The number of carbonyl (C=O) groups is 2. The second kappa shape index (κ2) is 9.57. The van der Waals surface area contributed by atoms with Gasteiger partial charge in [0.15, 0.2) is 0 Å². The molecule has 7 nitrogen and oxygen atoms in total. The molecule has 0 aromatic rings. The molecule has 1 rings (SSSR count). The van der Waals surface area contributed by atoms with Crippen molar-refractivity contribution >= 4 is 12.0 Å². The molecule has 7 heteroatoms. The van der Waals surface area contributed by atoms with Crippen molar-refractivity contribution in [3.05, 3.63) is 0 Å². The molecule has 122 valence electrons. The SMILES string of the molecule is COCCOCCCNC(=O)N1CC(C)CC(C(=O)O)C1. The van der Waals surface area contributed by atoms with E-state index in [-0.39, 0.29) is 18.5 Å². The Morgan fingerprint density at radius 3 is 2.71 bits per heavy atom. The van der Waals surface area contributed by atoms with Crippen molar-refractivity contribution in [2.75, 3.05) is 46.6 Å². The number of ether oxygens (including phenoxy) is 2. The molecule has 2 unspecified atom stereocenters. The van der Waals surface area contributed by atoms with Crippen LogP contribution in [0.3, 0.4) is 0 Å². The normalized spacial score (nSPS) is 22.1. The minimum absolute atomic E-state index is 0.190. The molecule has 1 fully saturated rings. The first-order valence-electron chi connectivity index (χ1n) is 7.36. The van der Waals surface area contributed by atoms with E-state index < -0.39 is 11.9 Å². The molecule has 1 heterocycles. The van der Waals surface area contributed by atoms with Crippen LogP contribution in [0.2, 0.25) is 0 Å². The van der Waals surface area contributed by atoms with Crippen LogP contribution in [0.5, 0.6) is 0 Å². The molecule has 2 atom stereocenters. The fraction of sp³-hybridized carbons (Fsp3) is 0.857. The number of amides is 2. The summed E-state index contributed by atoms with van der Waals surface area (Å²) >= 11 is 0. The molecule has 0 spiro atoms. The van der Waals surface area contributed by atoms with Crippen LogP contribution < -0.4 is 5.32 Å². The summed E-state index contributed by atoms with van der Waals surface area (Å²) in [5.41, 5.74) is 0. The summed E-state index contributed by atoms with van der Waals surface area (Å²) in [6.45, 7) is 5.07. The molecule has 2 amide bonds. The lowest BCUT2D eigenvalue weighted by molar-refractivity contribution is -0.143. The summed E-state index contributed by atoms with van der Waals surface area (Å²) in [7, 11) is 1.62. The summed E-state index contributed by atoms with van der Waals surface area (Å²) < 4.78 is 10.2. The van der Waals surface area contributed by atoms with Gasteiger partial charge in [-0.25, -0.2) is 4.79 Å². The molecule has 0 bridgehead atoms. The summed E-state index contributed by atoms with van der Waals surface area (Å²) in [6.07, 6.45) is 1.35. The summed E-state index contributed by atoms with van der Waals surface area (Å²) in [5, 5.41) is 11.9. The zero-order valence-corrected chi connectivity index (χ0v) is 12.8. The maximum absolute atomic E-state index is 12.0. The van der Waals surface area contributed by atoms with Crippen LogP contribution in [0, 0.1) is 11.8 Å². The van der Waals surface area contributed by atoms with Crippen LogP contribution in [-0.2, 0) is 14.3 Å². The highest BCUT2D eigenvalue weighted by Gasteiger charge is 2.31. The molecule has 2 N–H and O–H groups in total. The number of nitrogens with zero attached hydrogens (tertiary/aromatic N) is 1. The van der Waals surface area contributed by atoms with Gasteiger partial charge in [0.2, 0.25) is 0 Å². The number of carboxylic acid groups (broad SMARTS) is 1. The molecule has 0 aliphatic carbocycles. The van der Waals surface area contributed by atoms with Crippen molar-refractivity contribution < 1.29 is 24.2 Å². The number of carboxylic acids is 1. The van der Waals surface area contributed by atoms with E-state index in [1.807, 2.05) is 6.92 Å². The number of likely N-dealkylation sites (tertiary alicyclic amines) is 1. The van der Waals surface area contributed by atoms with Gasteiger partial charge in [0.1, 0.15) is 0 Å². The molecule has 0 saturated carbocycles. The largest absolute Gasteiger partial charge is 0.481 e. The van der Waals surface area contributed by atoms with E-state index in [2.05, 4.69) is 5.32 Å². The quantitative estimate of drug-likeness (QED) is 0.647. The smallest absolute Gasteiger partial charge is 0.317 e. The lowest BCUT2D eigenvalue weighted by Gasteiger charge is -2.34. The third-order valence-corrected chi connectivity index (χ3v) is 3.47. The van der Waals surface area contributed by atoms with Gasteiger partial charge in [-0.15, -0.1) is 0 Å². The predicted molar refractivity (Wildman–Crippen MR) is 77.2 cm³/mol. The Bertz CT molecular complexity index is 337. The average Bonchev–Trinajstić information content (AvgIpc) is 2.45. The second-order valence-electron chi connectivity index (χ2n) is 5.47. The van der Waals surface area contributed by atoms with E-state index in [4.69, 9.17) is 14.6 Å². The number of aliphatic carboxylic acids is 1. The van der Waals surface area contributed by atoms with E-state index in [0.29, 0.717) is 39.3 Å². The van der Waals surface area contributed by atoms with Gasteiger partial charge in [-0.05, 0) is 18.8 Å². The van der Waals surface area contributed by atoms with Crippen LogP contribution in [-0.4, -0.2) is 68.6 Å². The molecule has 0 aromatic heterocycles. The fourth-order valence-electron chi connectivity index (χ4n) is 2.42. The minimum atomic E-state index is -0.828. The molecule has 1 aliphatic rings. The Kier molecular flexibility index (Phi) is 8.07. The highest BCUT2D eigenvalue weighted by Crippen LogP contribution is 2.21. The lowest BCUT2D eigenvalue weighted by Crippen LogP contribution is -2.49. The molecular formula is C14H26N2O5. The zero-order chi connectivity index (χ0) is 15.7. The third kappa shape index (κ3) is 6.77. The Balaban J connectivity index is 2.20. The number of carbonyl (C=O) groups excluding carboxylic acids is 1. The highest BCUT2D eigenvalue weighted by molar-refractivity contribution is 5.76. The number of hydrogen-bond acceptors (Lipinski definition) is 4. The Morgan fingerprint density at radius 1 is 1.29 bits per heavy atom. The maximum atomic E-state index is 12.0. The van der Waals surface area contributed by atoms with E-state index >= 15 is 0 Å². The fourth-order valence-corrected chi connectivity index (χ4v) is 2.42. The zero-order valence-electron chi connectivity index (χ0n) is 12.8. The topological polar surface area (TPSA) is 88.1 Å². The number of piperidine rings is 1. The number of urea groups is 1. The van der Waals surface area contributed by atoms with Gasteiger partial charge in [0.25, 0.3) is 0 Å². The third-order valence-electron chi connectivity index (χ3n) is 3.47. The van der Waals surface area contributed by atoms with Gasteiger partial charge >= 0.3 is 12.0 Å². The number of nitrogens with one attached hydrogen (secondary N) is 1. The first-order chi connectivity index (χ1) is 10.0. The van der Waals surface area contributed by atoms with Crippen LogP contribution >= 0.6 is 0 Å². The van der Waals surface area contributed by atoms with E-state index in [9.17, 15) is 9.59 Å². The Morgan fingerprint density at radius 2 is 2.05 bits per heavy atom. The monoisotopic (exact) mass is 302 g/mol. The molecular weight excluding hydrogens is 276 g/mol. The molecule has 0 aromatic carbocycles. The van der Waals surface area contributed by atoms with Crippen LogP contribution in [0.25, 0.3) is 0 Å². The van der Waals surface area contributed by atoms with Crippen LogP contribution in [0.15, 0.2) is 0 Å². The number of hydrogen-bond donors (Lipinski definition) is 2. The van der Waals surface area contributed by atoms with Gasteiger partial charge in [-0.3, -0.25) is 4.79 Å². The molecule has 0 radical (unpaired) electrons. The minimum Gasteiger partial charge on any atom is -0.481 e. The van der Waals surface area contributed by atoms with Crippen molar-refractivity contribution in [3.63, 3.8) is 0 Å². The van der Waals surface area contributed by atoms with E-state index in [0.717, 1.165) is 6.42 Å². The summed E-state index contributed by atoms with van der Waals surface area (Å²) in [6, 6.07) is -0.190. The predicted octanol–water partition coefficient (Wildman–Crippen LogP) is 0.792. The van der Waals surface area contributed by atoms with E-state index in [1.54, 1.807) is 12.0 Å². The maximum Gasteiger partial charge on any atom is 0.317 e. The average molecular weight is 302 g/mol. The van der Waals surface area contributed by atoms with Gasteiger partial charge in [0, 0.05) is 33.4 Å².